The first-order valence-corrected chi connectivity index (χ1v) is 4.47. The van der Waals surface area contributed by atoms with E-state index in [0.29, 0.717) is 16.7 Å². The Balaban J connectivity index is 2.51. The van der Waals surface area contributed by atoms with Gasteiger partial charge in [0.1, 0.15) is 5.15 Å². The Kier molecular flexibility index (Phi) is 2.13. The highest BCUT2D eigenvalue weighted by atomic mass is 35.5. The molecule has 2 heterocycles. The molecule has 0 radical (unpaired) electrons. The predicted octanol–water partition coefficient (Wildman–Crippen LogP) is 1.81. The summed E-state index contributed by atoms with van der Waals surface area (Å²) in [5, 5.41) is 4.48. The zero-order chi connectivity index (χ0) is 10.1. The largest absolute Gasteiger partial charge is 0.399 e. The molecule has 2 rings (SSSR count). The number of nitrogen functional groups attached to an aromatic ring is 1. The maximum Gasteiger partial charge on any atom is 0.157 e. The van der Waals surface area contributed by atoms with Crippen molar-refractivity contribution >= 4 is 17.3 Å². The molecule has 0 aromatic carbocycles. The van der Waals surface area contributed by atoms with E-state index in [-0.39, 0.29) is 0 Å². The average Bonchev–Trinajstić information content (AvgIpc) is 2.50. The molecular formula is C9H9ClN4. The SMILES string of the molecule is Cc1cnn(-c2cc(N)cc(Cl)n2)c1. The number of hydrogen-bond donors (Lipinski definition) is 1. The molecule has 0 spiro atoms. The maximum absolute atomic E-state index is 5.77. The summed E-state index contributed by atoms with van der Waals surface area (Å²) in [5.74, 6) is 0.628. The highest BCUT2D eigenvalue weighted by molar-refractivity contribution is 6.29. The smallest absolute Gasteiger partial charge is 0.157 e. The molecular weight excluding hydrogens is 200 g/mol. The van der Waals surface area contributed by atoms with Crippen molar-refractivity contribution in [3.8, 4) is 5.82 Å². The summed E-state index contributed by atoms with van der Waals surface area (Å²) in [6.45, 7) is 1.96. The summed E-state index contributed by atoms with van der Waals surface area (Å²) in [6, 6.07) is 3.32. The molecule has 0 aliphatic carbocycles. The standard InChI is InChI=1S/C9H9ClN4/c1-6-4-12-14(5-6)9-3-7(11)2-8(10)13-9/h2-5H,1H3,(H2,11,13). The fourth-order valence-corrected chi connectivity index (χ4v) is 1.37. The van der Waals surface area contributed by atoms with Crippen LogP contribution in [0.15, 0.2) is 24.5 Å². The van der Waals surface area contributed by atoms with Crippen LogP contribution in [-0.4, -0.2) is 14.8 Å². The first kappa shape index (κ1) is 9.02. The lowest BCUT2D eigenvalue weighted by Gasteiger charge is -2.01. The van der Waals surface area contributed by atoms with Crippen LogP contribution in [0.3, 0.4) is 0 Å². The van der Waals surface area contributed by atoms with Gasteiger partial charge in [0.25, 0.3) is 0 Å². The molecule has 0 atom stereocenters. The second-order valence-electron chi connectivity index (χ2n) is 3.04. The molecule has 0 saturated carbocycles. The van der Waals surface area contributed by atoms with Crippen LogP contribution in [-0.2, 0) is 0 Å². The van der Waals surface area contributed by atoms with E-state index in [1.807, 2.05) is 13.1 Å². The molecule has 5 heteroatoms. The van der Waals surface area contributed by atoms with Gasteiger partial charge in [-0.25, -0.2) is 9.67 Å². The summed E-state index contributed by atoms with van der Waals surface area (Å²) in [7, 11) is 0. The maximum atomic E-state index is 5.77. The monoisotopic (exact) mass is 208 g/mol. The molecule has 0 bridgehead atoms. The van der Waals surface area contributed by atoms with Gasteiger partial charge in [0.2, 0.25) is 0 Å². The predicted molar refractivity (Wildman–Crippen MR) is 55.5 cm³/mol. The van der Waals surface area contributed by atoms with Crippen LogP contribution in [0, 0.1) is 6.92 Å². The van der Waals surface area contributed by atoms with Crippen LogP contribution in [0.25, 0.3) is 5.82 Å². The first-order valence-electron chi connectivity index (χ1n) is 4.10. The van der Waals surface area contributed by atoms with E-state index in [9.17, 15) is 0 Å². The first-order chi connectivity index (χ1) is 6.65. The molecule has 2 N–H and O–H groups in total. The van der Waals surface area contributed by atoms with Gasteiger partial charge in [-0.15, -0.1) is 0 Å². The summed E-state index contributed by atoms with van der Waals surface area (Å²) < 4.78 is 1.64. The highest BCUT2D eigenvalue weighted by Crippen LogP contribution is 2.15. The number of rotatable bonds is 1. The summed E-state index contributed by atoms with van der Waals surface area (Å²) in [5.41, 5.74) is 7.28. The zero-order valence-electron chi connectivity index (χ0n) is 7.61. The van der Waals surface area contributed by atoms with E-state index in [1.165, 1.54) is 0 Å². The van der Waals surface area contributed by atoms with Crippen molar-refractivity contribution in [2.24, 2.45) is 0 Å². The molecule has 0 aliphatic heterocycles. The van der Waals surface area contributed by atoms with Gasteiger partial charge in [0.15, 0.2) is 5.82 Å². The molecule has 14 heavy (non-hydrogen) atoms. The van der Waals surface area contributed by atoms with Crippen LogP contribution in [0.4, 0.5) is 5.69 Å². The number of anilines is 1. The van der Waals surface area contributed by atoms with E-state index >= 15 is 0 Å². The van der Waals surface area contributed by atoms with Gasteiger partial charge in [0.05, 0.1) is 6.20 Å². The van der Waals surface area contributed by atoms with Crippen molar-refractivity contribution in [1.82, 2.24) is 14.8 Å². The number of nitrogens with zero attached hydrogens (tertiary/aromatic N) is 3. The summed E-state index contributed by atoms with van der Waals surface area (Å²) in [4.78, 5) is 4.10. The van der Waals surface area contributed by atoms with Gasteiger partial charge in [-0.05, 0) is 18.6 Å². The Bertz CT molecular complexity index is 443. The van der Waals surface area contributed by atoms with Crippen molar-refractivity contribution in [2.75, 3.05) is 5.73 Å². The molecule has 0 aliphatic rings. The second kappa shape index (κ2) is 3.31. The van der Waals surface area contributed by atoms with Crippen LogP contribution < -0.4 is 5.73 Å². The van der Waals surface area contributed by atoms with Gasteiger partial charge >= 0.3 is 0 Å². The topological polar surface area (TPSA) is 56.7 Å². The molecule has 0 amide bonds. The van der Waals surface area contributed by atoms with Crippen LogP contribution in [0.5, 0.6) is 0 Å². The Labute approximate surface area is 86.3 Å². The normalized spacial score (nSPS) is 10.4. The average molecular weight is 209 g/mol. The fourth-order valence-electron chi connectivity index (χ4n) is 1.16. The molecule has 4 nitrogen and oxygen atoms in total. The van der Waals surface area contributed by atoms with Crippen LogP contribution in [0.2, 0.25) is 5.15 Å². The molecule has 2 aromatic heterocycles. The fraction of sp³-hybridized carbons (Fsp3) is 0.111. The number of pyridine rings is 1. The van der Waals surface area contributed by atoms with E-state index in [0.717, 1.165) is 5.56 Å². The number of aromatic nitrogens is 3. The second-order valence-corrected chi connectivity index (χ2v) is 3.43. The third kappa shape index (κ3) is 1.70. The van der Waals surface area contributed by atoms with Gasteiger partial charge < -0.3 is 5.73 Å². The molecule has 0 unspecified atom stereocenters. The lowest BCUT2D eigenvalue weighted by atomic mass is 10.4. The van der Waals surface area contributed by atoms with Crippen molar-refractivity contribution in [3.63, 3.8) is 0 Å². The molecule has 2 aromatic rings. The lowest BCUT2D eigenvalue weighted by molar-refractivity contribution is 0.847. The number of hydrogen-bond acceptors (Lipinski definition) is 3. The third-order valence-electron chi connectivity index (χ3n) is 1.75. The Morgan fingerprint density at radius 3 is 2.79 bits per heavy atom. The number of aryl methyl sites for hydroxylation is 1. The van der Waals surface area contributed by atoms with Crippen molar-refractivity contribution in [3.05, 3.63) is 35.2 Å². The van der Waals surface area contributed by atoms with E-state index in [2.05, 4.69) is 10.1 Å². The minimum atomic E-state index is 0.369. The zero-order valence-corrected chi connectivity index (χ0v) is 8.36. The summed E-state index contributed by atoms with van der Waals surface area (Å²) in [6.07, 6.45) is 3.61. The van der Waals surface area contributed by atoms with Crippen molar-refractivity contribution in [2.45, 2.75) is 6.92 Å². The van der Waals surface area contributed by atoms with Gasteiger partial charge in [0, 0.05) is 18.0 Å². The third-order valence-corrected chi connectivity index (χ3v) is 1.94. The lowest BCUT2D eigenvalue weighted by Crippen LogP contribution is -1.99. The minimum Gasteiger partial charge on any atom is -0.399 e. The van der Waals surface area contributed by atoms with Crippen molar-refractivity contribution < 1.29 is 0 Å². The number of halogens is 1. The van der Waals surface area contributed by atoms with E-state index in [4.69, 9.17) is 17.3 Å². The van der Waals surface area contributed by atoms with E-state index in [1.54, 1.807) is 23.0 Å². The number of nitrogens with two attached hydrogens (primary N) is 1. The van der Waals surface area contributed by atoms with Crippen LogP contribution >= 0.6 is 11.6 Å². The summed E-state index contributed by atoms with van der Waals surface area (Å²) >= 11 is 5.77. The highest BCUT2D eigenvalue weighted by Gasteiger charge is 2.02. The molecule has 0 saturated heterocycles. The Morgan fingerprint density at radius 1 is 1.43 bits per heavy atom. The minimum absolute atomic E-state index is 0.369. The van der Waals surface area contributed by atoms with Gasteiger partial charge in [-0.3, -0.25) is 0 Å². The molecule has 0 fully saturated rings. The van der Waals surface area contributed by atoms with Gasteiger partial charge in [-0.1, -0.05) is 11.6 Å². The van der Waals surface area contributed by atoms with Crippen LogP contribution in [0.1, 0.15) is 5.56 Å². The Hall–Kier alpha value is -1.55. The van der Waals surface area contributed by atoms with Gasteiger partial charge in [-0.2, -0.15) is 5.10 Å². The van der Waals surface area contributed by atoms with E-state index < -0.39 is 0 Å². The molecule has 72 valence electrons. The Morgan fingerprint density at radius 2 is 2.21 bits per heavy atom. The van der Waals surface area contributed by atoms with Crippen molar-refractivity contribution in [1.29, 1.82) is 0 Å². The quantitative estimate of drug-likeness (QED) is 0.728.